The molecule has 5 nitrogen and oxygen atoms in total. The van der Waals surface area contributed by atoms with E-state index in [1.165, 1.54) is 0 Å². The molecular weight excluding hydrogens is 578 g/mol. The zero-order valence-corrected chi connectivity index (χ0v) is 20.8. The molecule has 0 spiro atoms. The zero-order chi connectivity index (χ0) is 21.4. The summed E-state index contributed by atoms with van der Waals surface area (Å²) >= 11 is 10.4. The van der Waals surface area contributed by atoms with Gasteiger partial charge in [0, 0.05) is 37.0 Å². The van der Waals surface area contributed by atoms with E-state index in [0.717, 1.165) is 41.4 Å². The summed E-state index contributed by atoms with van der Waals surface area (Å²) in [6.45, 7) is 4.06. The topological polar surface area (TPSA) is 59.5 Å². The summed E-state index contributed by atoms with van der Waals surface area (Å²) in [6.07, 6.45) is 1.64. The number of hydrogen-bond donors (Lipinski definition) is 1. The van der Waals surface area contributed by atoms with Gasteiger partial charge in [0.15, 0.2) is 5.76 Å². The fraction of sp³-hybridized carbons (Fsp3) is 0.0909. The summed E-state index contributed by atoms with van der Waals surface area (Å²) < 4.78 is 10.5. The predicted octanol–water partition coefficient (Wildman–Crippen LogP) is 6.89. The van der Waals surface area contributed by atoms with E-state index < -0.39 is 5.91 Å². The van der Waals surface area contributed by atoms with Crippen LogP contribution in [-0.4, -0.2) is 16.7 Å². The van der Waals surface area contributed by atoms with Crippen molar-refractivity contribution in [1.29, 1.82) is 0 Å². The molecule has 0 bridgehead atoms. The van der Waals surface area contributed by atoms with Crippen LogP contribution < -0.4 is 5.43 Å². The molecule has 0 radical (unpaired) electrons. The van der Waals surface area contributed by atoms with Crippen molar-refractivity contribution in [3.05, 3.63) is 84.7 Å². The zero-order valence-electron chi connectivity index (χ0n) is 16.0. The maximum atomic E-state index is 12.5. The molecule has 0 aliphatic rings. The molecule has 2 heterocycles. The number of nitrogens with one attached hydrogen (secondary N) is 1. The average molecular weight is 594 g/mol. The molecular formula is C22H16Br3N3O2. The molecule has 4 aromatic rings. The maximum Gasteiger partial charge on any atom is 0.307 e. The van der Waals surface area contributed by atoms with Gasteiger partial charge in [0.05, 0.1) is 10.7 Å². The first-order chi connectivity index (χ1) is 14.3. The number of hydrogen-bond acceptors (Lipinski definition) is 3. The number of hydrazone groups is 1. The Kier molecular flexibility index (Phi) is 5.99. The Hall–Kier alpha value is -2.16. The normalized spacial score (nSPS) is 11.5. The van der Waals surface area contributed by atoms with Crippen molar-refractivity contribution in [3.8, 4) is 5.69 Å². The molecule has 30 heavy (non-hydrogen) atoms. The van der Waals surface area contributed by atoms with Gasteiger partial charge in [-0.05, 0) is 72.2 Å². The second-order valence-electron chi connectivity index (χ2n) is 6.76. The lowest BCUT2D eigenvalue weighted by Crippen LogP contribution is -2.16. The summed E-state index contributed by atoms with van der Waals surface area (Å²) in [4.78, 5) is 12.5. The molecule has 152 valence electrons. The van der Waals surface area contributed by atoms with E-state index in [-0.39, 0.29) is 5.76 Å². The molecule has 0 unspecified atom stereocenters. The second-order valence-corrected chi connectivity index (χ2v) is 9.44. The minimum absolute atomic E-state index is 0.195. The molecule has 4 rings (SSSR count). The van der Waals surface area contributed by atoms with Crippen LogP contribution in [0.3, 0.4) is 0 Å². The van der Waals surface area contributed by atoms with Crippen molar-refractivity contribution in [2.24, 2.45) is 5.10 Å². The molecule has 2 aromatic carbocycles. The predicted molar refractivity (Wildman–Crippen MR) is 130 cm³/mol. The fourth-order valence-electron chi connectivity index (χ4n) is 3.33. The first-order valence-corrected chi connectivity index (χ1v) is 11.4. The third kappa shape index (κ3) is 4.17. The van der Waals surface area contributed by atoms with Crippen LogP contribution in [0.15, 0.2) is 71.5 Å². The maximum absolute atomic E-state index is 12.5. The van der Waals surface area contributed by atoms with Crippen LogP contribution in [0.25, 0.3) is 16.7 Å². The number of rotatable bonds is 4. The molecule has 0 atom stereocenters. The second kappa shape index (κ2) is 8.53. The fourth-order valence-corrected chi connectivity index (χ4v) is 5.06. The number of nitrogens with zero attached hydrogens (tertiary/aromatic N) is 2. The quantitative estimate of drug-likeness (QED) is 0.207. The molecule has 0 saturated heterocycles. The number of carbonyl (C=O) groups is 1. The van der Waals surface area contributed by atoms with Gasteiger partial charge >= 0.3 is 5.91 Å². The molecule has 1 amide bonds. The smallest absolute Gasteiger partial charge is 0.307 e. The Morgan fingerprint density at radius 3 is 2.63 bits per heavy atom. The Morgan fingerprint density at radius 1 is 1.07 bits per heavy atom. The summed E-state index contributed by atoms with van der Waals surface area (Å²) in [5.41, 5.74) is 7.24. The molecule has 8 heteroatoms. The number of aryl methyl sites for hydroxylation is 1. The standard InChI is InChI=1S/C22H16Br3N3O2/c1-12-6-15(13(2)28(12)18-5-3-4-16(23)9-18)11-26-27-22(29)20-8-14-7-17(24)10-19(25)21(14)30-20/h3-11H,1-2H3,(H,27,29)/b26-11-. The van der Waals surface area contributed by atoms with E-state index in [9.17, 15) is 4.79 Å². The van der Waals surface area contributed by atoms with Crippen molar-refractivity contribution in [3.63, 3.8) is 0 Å². The van der Waals surface area contributed by atoms with E-state index in [2.05, 4.69) is 69.0 Å². The van der Waals surface area contributed by atoms with Crippen LogP contribution in [0.5, 0.6) is 0 Å². The summed E-state index contributed by atoms with van der Waals surface area (Å²) in [7, 11) is 0. The first kappa shape index (κ1) is 21.1. The highest BCUT2D eigenvalue weighted by Gasteiger charge is 2.14. The lowest BCUT2D eigenvalue weighted by atomic mass is 10.2. The van der Waals surface area contributed by atoms with Gasteiger partial charge in [-0.2, -0.15) is 5.10 Å². The Balaban J connectivity index is 1.54. The molecule has 1 N–H and O–H groups in total. The molecule has 0 aliphatic heterocycles. The van der Waals surface area contributed by atoms with Crippen molar-refractivity contribution >= 4 is 70.9 Å². The highest BCUT2D eigenvalue weighted by molar-refractivity contribution is 9.11. The van der Waals surface area contributed by atoms with Crippen LogP contribution in [-0.2, 0) is 0 Å². The van der Waals surface area contributed by atoms with Gasteiger partial charge in [0.25, 0.3) is 0 Å². The van der Waals surface area contributed by atoms with Gasteiger partial charge in [-0.25, -0.2) is 5.43 Å². The van der Waals surface area contributed by atoms with E-state index in [4.69, 9.17) is 4.42 Å². The van der Waals surface area contributed by atoms with E-state index in [1.807, 2.05) is 50.2 Å². The summed E-state index contributed by atoms with van der Waals surface area (Å²) in [5, 5.41) is 4.95. The third-order valence-corrected chi connectivity index (χ3v) is 6.21. The summed E-state index contributed by atoms with van der Waals surface area (Å²) in [6, 6.07) is 15.6. The van der Waals surface area contributed by atoms with E-state index in [0.29, 0.717) is 5.58 Å². The average Bonchev–Trinajstić information content (AvgIpc) is 3.23. The van der Waals surface area contributed by atoms with Gasteiger partial charge < -0.3 is 8.98 Å². The SMILES string of the molecule is Cc1cc(/C=N\NC(=O)c2cc3cc(Br)cc(Br)c3o2)c(C)n1-c1cccc(Br)c1. The van der Waals surface area contributed by atoms with Crippen molar-refractivity contribution < 1.29 is 9.21 Å². The minimum atomic E-state index is -0.411. The third-order valence-electron chi connectivity index (χ3n) is 4.67. The Bertz CT molecular complexity index is 1300. The van der Waals surface area contributed by atoms with Crippen LogP contribution in [0.4, 0.5) is 0 Å². The first-order valence-electron chi connectivity index (χ1n) is 9.00. The highest BCUT2D eigenvalue weighted by atomic mass is 79.9. The highest BCUT2D eigenvalue weighted by Crippen LogP contribution is 2.31. The lowest BCUT2D eigenvalue weighted by molar-refractivity contribution is 0.0929. The van der Waals surface area contributed by atoms with Gasteiger partial charge in [0.2, 0.25) is 0 Å². The number of aromatic nitrogens is 1. The van der Waals surface area contributed by atoms with E-state index >= 15 is 0 Å². The molecule has 2 aromatic heterocycles. The number of furan rings is 1. The van der Waals surface area contributed by atoms with Crippen LogP contribution >= 0.6 is 47.8 Å². The molecule has 0 aliphatic carbocycles. The molecule has 0 fully saturated rings. The Morgan fingerprint density at radius 2 is 1.87 bits per heavy atom. The van der Waals surface area contributed by atoms with Crippen LogP contribution in [0.1, 0.15) is 27.5 Å². The van der Waals surface area contributed by atoms with Crippen LogP contribution in [0, 0.1) is 13.8 Å². The van der Waals surface area contributed by atoms with Gasteiger partial charge in [-0.15, -0.1) is 0 Å². The van der Waals surface area contributed by atoms with E-state index in [1.54, 1.807) is 12.3 Å². The van der Waals surface area contributed by atoms with Gasteiger partial charge in [-0.1, -0.05) is 37.9 Å². The Labute approximate surface area is 198 Å². The number of carbonyl (C=O) groups excluding carboxylic acids is 1. The number of halogens is 3. The lowest BCUT2D eigenvalue weighted by Gasteiger charge is -2.09. The van der Waals surface area contributed by atoms with Crippen molar-refractivity contribution in [1.82, 2.24) is 9.99 Å². The van der Waals surface area contributed by atoms with Crippen LogP contribution in [0.2, 0.25) is 0 Å². The molecule has 0 saturated carbocycles. The van der Waals surface area contributed by atoms with Gasteiger partial charge in [-0.3, -0.25) is 4.79 Å². The number of fused-ring (bicyclic) bond motifs is 1. The number of benzene rings is 2. The largest absolute Gasteiger partial charge is 0.450 e. The monoisotopic (exact) mass is 591 g/mol. The number of amides is 1. The van der Waals surface area contributed by atoms with Crippen molar-refractivity contribution in [2.75, 3.05) is 0 Å². The minimum Gasteiger partial charge on any atom is -0.450 e. The summed E-state index contributed by atoms with van der Waals surface area (Å²) in [5.74, 6) is -0.216. The van der Waals surface area contributed by atoms with Gasteiger partial charge in [0.1, 0.15) is 5.58 Å². The van der Waals surface area contributed by atoms with Crippen molar-refractivity contribution in [2.45, 2.75) is 13.8 Å².